The Morgan fingerprint density at radius 2 is 2.00 bits per heavy atom. The van der Waals surface area contributed by atoms with Crippen LogP contribution < -0.4 is 5.32 Å². The van der Waals surface area contributed by atoms with Gasteiger partial charge in [0.05, 0.1) is 0 Å². The van der Waals surface area contributed by atoms with Gasteiger partial charge in [-0.1, -0.05) is 12.7 Å². The molecule has 18 heavy (non-hydrogen) atoms. The molecule has 0 spiro atoms. The van der Waals surface area contributed by atoms with Crippen molar-refractivity contribution < 1.29 is 37.7 Å². The highest BCUT2D eigenvalue weighted by Crippen LogP contribution is 2.32. The zero-order valence-corrected chi connectivity index (χ0v) is 9.32. The maximum absolute atomic E-state index is 12.4. The van der Waals surface area contributed by atoms with E-state index in [9.17, 15) is 22.8 Å². The molecule has 0 saturated carbocycles. The van der Waals surface area contributed by atoms with Crippen LogP contribution in [0.2, 0.25) is 0 Å². The number of carboxylic acid groups (broad SMARTS) is 1. The first-order chi connectivity index (χ1) is 8.04. The van der Waals surface area contributed by atoms with E-state index in [0.29, 0.717) is 0 Å². The first kappa shape index (κ1) is 16.2. The summed E-state index contributed by atoms with van der Waals surface area (Å²) in [7, 11) is 0. The van der Waals surface area contributed by atoms with Crippen LogP contribution in [0.1, 0.15) is 6.92 Å². The van der Waals surface area contributed by atoms with Gasteiger partial charge < -0.3 is 20.3 Å². The number of halogens is 3. The van der Waals surface area contributed by atoms with Crippen molar-refractivity contribution in [3.05, 3.63) is 12.7 Å². The number of carbonyl (C=O) groups is 2. The summed E-state index contributed by atoms with van der Waals surface area (Å²) in [5.41, 5.74) is -3.63. The van der Waals surface area contributed by atoms with E-state index in [1.165, 1.54) is 5.32 Å². The van der Waals surface area contributed by atoms with Gasteiger partial charge in [-0.05, 0) is 6.92 Å². The molecule has 1 amide bonds. The molecule has 0 rings (SSSR count). The molecule has 0 aliphatic rings. The zero-order chi connectivity index (χ0) is 14.6. The third-order valence-electron chi connectivity index (χ3n) is 1.98. The highest BCUT2D eigenvalue weighted by atomic mass is 19.4. The number of carbonyl (C=O) groups excluding carboxylic acids is 1. The number of ether oxygens (including phenoxy) is 1. The Kier molecular flexibility index (Phi) is 5.15. The lowest BCUT2D eigenvalue weighted by Crippen LogP contribution is -2.62. The number of nitrogens with one attached hydrogen (secondary N) is 1. The van der Waals surface area contributed by atoms with Gasteiger partial charge in [0.25, 0.3) is 0 Å². The molecular weight excluding hydrogens is 259 g/mol. The Labute approximate surface area is 100 Å². The van der Waals surface area contributed by atoms with E-state index in [0.717, 1.165) is 6.08 Å². The number of rotatable bonds is 5. The Morgan fingerprint density at radius 3 is 2.33 bits per heavy atom. The van der Waals surface area contributed by atoms with Crippen LogP contribution in [-0.2, 0) is 9.53 Å². The van der Waals surface area contributed by atoms with E-state index < -0.39 is 29.9 Å². The number of hydrogen-bond donors (Lipinski definition) is 3. The van der Waals surface area contributed by atoms with Crippen molar-refractivity contribution in [2.45, 2.75) is 24.7 Å². The van der Waals surface area contributed by atoms with Gasteiger partial charge in [0.1, 0.15) is 6.61 Å². The van der Waals surface area contributed by atoms with E-state index in [2.05, 4.69) is 11.3 Å². The Hall–Kier alpha value is -1.77. The Morgan fingerprint density at radius 1 is 1.50 bits per heavy atom. The predicted molar refractivity (Wildman–Crippen MR) is 52.8 cm³/mol. The van der Waals surface area contributed by atoms with Crippen LogP contribution in [0.25, 0.3) is 0 Å². The van der Waals surface area contributed by atoms with Crippen LogP contribution in [0, 0.1) is 0 Å². The highest BCUT2D eigenvalue weighted by Gasteiger charge is 2.58. The van der Waals surface area contributed by atoms with Gasteiger partial charge >= 0.3 is 18.2 Å². The molecule has 2 unspecified atom stereocenters. The highest BCUT2D eigenvalue weighted by molar-refractivity contribution is 5.81. The molecule has 0 heterocycles. The first-order valence-electron chi connectivity index (χ1n) is 4.60. The fraction of sp³-hybridized carbons (Fsp3) is 0.556. The summed E-state index contributed by atoms with van der Waals surface area (Å²) in [4.78, 5) is 21.6. The molecule has 0 fully saturated rings. The maximum atomic E-state index is 12.4. The monoisotopic (exact) mass is 271 g/mol. The number of alkyl halides is 3. The minimum atomic E-state index is -5.23. The quantitative estimate of drug-likeness (QED) is 0.638. The second-order valence-electron chi connectivity index (χ2n) is 3.45. The van der Waals surface area contributed by atoms with Crippen molar-refractivity contribution in [1.29, 1.82) is 0 Å². The van der Waals surface area contributed by atoms with Gasteiger partial charge in [-0.25, -0.2) is 9.59 Å². The van der Waals surface area contributed by atoms with Crippen molar-refractivity contribution in [2.75, 3.05) is 6.61 Å². The lowest BCUT2D eigenvalue weighted by molar-refractivity contribution is -0.262. The minimum Gasteiger partial charge on any atom is -0.480 e. The lowest BCUT2D eigenvalue weighted by atomic mass is 9.96. The number of aliphatic hydroxyl groups is 1. The van der Waals surface area contributed by atoms with Crippen LogP contribution in [0.5, 0.6) is 0 Å². The van der Waals surface area contributed by atoms with Crippen LogP contribution in [0.3, 0.4) is 0 Å². The van der Waals surface area contributed by atoms with Crippen LogP contribution >= 0.6 is 0 Å². The van der Waals surface area contributed by atoms with Gasteiger partial charge in [0.15, 0.2) is 11.6 Å². The second kappa shape index (κ2) is 5.71. The normalized spacial score (nSPS) is 16.3. The standard InChI is InChI=1S/C9H12F3NO5/c1-3-4-18-7(16)13-5(6(14)15)8(2,17)9(10,11)12/h3,5,17H,1,4H2,2H3,(H,13,16)(H,14,15). The molecular formula is C9H12F3NO5. The van der Waals surface area contributed by atoms with E-state index in [1.807, 2.05) is 0 Å². The molecule has 0 aliphatic heterocycles. The van der Waals surface area contributed by atoms with Gasteiger partial charge in [-0.3, -0.25) is 0 Å². The smallest absolute Gasteiger partial charge is 0.419 e. The lowest BCUT2D eigenvalue weighted by Gasteiger charge is -2.31. The van der Waals surface area contributed by atoms with E-state index in [4.69, 9.17) is 10.2 Å². The fourth-order valence-corrected chi connectivity index (χ4v) is 0.900. The topological polar surface area (TPSA) is 95.9 Å². The summed E-state index contributed by atoms with van der Waals surface area (Å²) in [6, 6.07) is -2.59. The minimum absolute atomic E-state index is 0.236. The van der Waals surface area contributed by atoms with E-state index in [1.54, 1.807) is 0 Å². The van der Waals surface area contributed by atoms with Crippen molar-refractivity contribution >= 4 is 12.1 Å². The SMILES string of the molecule is C=CCOC(=O)NC(C(=O)O)C(C)(O)C(F)(F)F. The number of amides is 1. The first-order valence-corrected chi connectivity index (χ1v) is 4.60. The summed E-state index contributed by atoms with van der Waals surface area (Å²) < 4.78 is 41.5. The molecule has 0 bridgehead atoms. The number of alkyl carbamates (subject to hydrolysis) is 1. The molecule has 6 nitrogen and oxygen atoms in total. The molecule has 0 aliphatic carbocycles. The van der Waals surface area contributed by atoms with Crippen molar-refractivity contribution in [3.8, 4) is 0 Å². The summed E-state index contributed by atoms with van der Waals surface area (Å²) in [6.07, 6.45) is -5.51. The van der Waals surface area contributed by atoms with Crippen molar-refractivity contribution in [1.82, 2.24) is 5.32 Å². The molecule has 0 aromatic carbocycles. The molecule has 104 valence electrons. The third-order valence-corrected chi connectivity index (χ3v) is 1.98. The second-order valence-corrected chi connectivity index (χ2v) is 3.45. The van der Waals surface area contributed by atoms with Crippen LogP contribution in [0.15, 0.2) is 12.7 Å². The average Bonchev–Trinajstić information content (AvgIpc) is 2.20. The zero-order valence-electron chi connectivity index (χ0n) is 9.32. The molecule has 0 aromatic rings. The summed E-state index contributed by atoms with van der Waals surface area (Å²) in [5, 5.41) is 19.2. The fourth-order valence-electron chi connectivity index (χ4n) is 0.900. The summed E-state index contributed by atoms with van der Waals surface area (Å²) in [5.74, 6) is -2.05. The van der Waals surface area contributed by atoms with Crippen molar-refractivity contribution in [3.63, 3.8) is 0 Å². The molecule has 3 N–H and O–H groups in total. The van der Waals surface area contributed by atoms with Gasteiger partial charge in [-0.2, -0.15) is 13.2 Å². The van der Waals surface area contributed by atoms with Gasteiger partial charge in [0.2, 0.25) is 0 Å². The molecule has 0 radical (unpaired) electrons. The van der Waals surface area contributed by atoms with Crippen molar-refractivity contribution in [2.24, 2.45) is 0 Å². The largest absolute Gasteiger partial charge is 0.480 e. The summed E-state index contributed by atoms with van der Waals surface area (Å²) in [6.45, 7) is 3.11. The Bertz CT molecular complexity index is 340. The van der Waals surface area contributed by atoms with E-state index in [-0.39, 0.29) is 13.5 Å². The van der Waals surface area contributed by atoms with Gasteiger partial charge in [0, 0.05) is 0 Å². The van der Waals surface area contributed by atoms with Gasteiger partial charge in [-0.15, -0.1) is 0 Å². The Balaban J connectivity index is 4.94. The molecule has 0 aromatic heterocycles. The average molecular weight is 271 g/mol. The molecule has 0 saturated heterocycles. The predicted octanol–water partition coefficient (Wildman–Crippen LogP) is 0.665. The molecule has 9 heteroatoms. The summed E-state index contributed by atoms with van der Waals surface area (Å²) >= 11 is 0. The third kappa shape index (κ3) is 3.91. The van der Waals surface area contributed by atoms with Crippen LogP contribution in [0.4, 0.5) is 18.0 Å². The number of hydrogen-bond acceptors (Lipinski definition) is 4. The van der Waals surface area contributed by atoms with Crippen LogP contribution in [-0.4, -0.2) is 46.7 Å². The maximum Gasteiger partial charge on any atom is 0.419 e. The number of carboxylic acids is 1. The number of aliphatic carboxylic acids is 1. The van der Waals surface area contributed by atoms with E-state index >= 15 is 0 Å². The molecule has 2 atom stereocenters.